The Morgan fingerprint density at radius 3 is 2.69 bits per heavy atom. The molecule has 1 aromatic heterocycles. The molecule has 0 spiro atoms. The number of hydrogen-bond donors (Lipinski definition) is 3. The normalized spacial score (nSPS) is 19.1. The molecule has 1 fully saturated rings. The molecule has 0 radical (unpaired) electrons. The van der Waals surface area contributed by atoms with Crippen molar-refractivity contribution in [3.8, 4) is 0 Å². The molecule has 0 saturated carbocycles. The summed E-state index contributed by atoms with van der Waals surface area (Å²) in [5, 5.41) is 15.3. The summed E-state index contributed by atoms with van der Waals surface area (Å²) in [6.07, 6.45) is 5.96. The molecular weight excluding hydrogens is 368 g/mol. The number of carbonyl (C=O) groups is 2. The molecule has 1 aliphatic heterocycles. The number of nitrogens with one attached hydrogen (secondary N) is 2. The molecular formula is C22H28N4O3. The predicted octanol–water partition coefficient (Wildman–Crippen LogP) is 2.40. The van der Waals surface area contributed by atoms with E-state index in [1.54, 1.807) is 12.4 Å². The summed E-state index contributed by atoms with van der Waals surface area (Å²) < 4.78 is 0. The van der Waals surface area contributed by atoms with E-state index < -0.39 is 5.97 Å². The largest absolute Gasteiger partial charge is 0.481 e. The van der Waals surface area contributed by atoms with Crippen molar-refractivity contribution in [3.63, 3.8) is 0 Å². The molecule has 1 aliphatic rings. The summed E-state index contributed by atoms with van der Waals surface area (Å²) in [7, 11) is 1.93. The zero-order valence-electron chi connectivity index (χ0n) is 16.7. The van der Waals surface area contributed by atoms with Crippen molar-refractivity contribution in [3.05, 3.63) is 59.9 Å². The Morgan fingerprint density at radius 1 is 1.17 bits per heavy atom. The van der Waals surface area contributed by atoms with Gasteiger partial charge in [-0.2, -0.15) is 0 Å². The van der Waals surface area contributed by atoms with Crippen LogP contribution in [0, 0.1) is 0 Å². The van der Waals surface area contributed by atoms with Crippen molar-refractivity contribution >= 4 is 17.6 Å². The van der Waals surface area contributed by atoms with Crippen LogP contribution in [0.5, 0.6) is 0 Å². The lowest BCUT2D eigenvalue weighted by Crippen LogP contribution is -2.41. The van der Waals surface area contributed by atoms with Gasteiger partial charge >= 0.3 is 5.97 Å². The van der Waals surface area contributed by atoms with Gasteiger partial charge in [0.15, 0.2) is 0 Å². The zero-order chi connectivity index (χ0) is 20.6. The number of anilines is 1. The van der Waals surface area contributed by atoms with Gasteiger partial charge < -0.3 is 15.7 Å². The number of likely N-dealkylation sites (N-methyl/N-ethyl adjacent to an activating group) is 1. The molecule has 1 saturated heterocycles. The molecule has 3 rings (SSSR count). The van der Waals surface area contributed by atoms with Crippen molar-refractivity contribution in [1.82, 2.24) is 15.2 Å². The number of amides is 1. The van der Waals surface area contributed by atoms with Gasteiger partial charge in [-0.05, 0) is 37.9 Å². The van der Waals surface area contributed by atoms with Crippen molar-refractivity contribution in [2.45, 2.75) is 37.8 Å². The number of aliphatic carboxylic acids is 1. The Balaban J connectivity index is 1.52. The van der Waals surface area contributed by atoms with Crippen LogP contribution in [-0.4, -0.2) is 59.1 Å². The topological polar surface area (TPSA) is 94.6 Å². The average molecular weight is 396 g/mol. The highest BCUT2D eigenvalue weighted by Gasteiger charge is 2.31. The summed E-state index contributed by atoms with van der Waals surface area (Å²) in [5.41, 5.74) is 2.51. The molecule has 1 amide bonds. The number of nitrogens with zero attached hydrogens (tertiary/aromatic N) is 2. The third kappa shape index (κ3) is 5.77. The minimum atomic E-state index is -0.784. The van der Waals surface area contributed by atoms with E-state index in [0.29, 0.717) is 12.1 Å². The number of carboxylic acid groups (broad SMARTS) is 1. The molecule has 2 heterocycles. The lowest BCUT2D eigenvalue weighted by atomic mass is 10.1. The van der Waals surface area contributed by atoms with Crippen molar-refractivity contribution in [2.24, 2.45) is 0 Å². The molecule has 7 nitrogen and oxygen atoms in total. The fourth-order valence-electron chi connectivity index (χ4n) is 3.81. The van der Waals surface area contributed by atoms with E-state index in [2.05, 4.69) is 32.7 Å². The Bertz CT molecular complexity index is 828. The van der Waals surface area contributed by atoms with Gasteiger partial charge in [-0.25, -0.2) is 0 Å². The van der Waals surface area contributed by atoms with E-state index >= 15 is 0 Å². The molecule has 7 heteroatoms. The first-order chi connectivity index (χ1) is 14.0. The quantitative estimate of drug-likeness (QED) is 0.603. The van der Waals surface area contributed by atoms with Crippen molar-refractivity contribution in [1.29, 1.82) is 0 Å². The highest BCUT2D eigenvalue weighted by Crippen LogP contribution is 2.24. The van der Waals surface area contributed by atoms with E-state index in [1.165, 1.54) is 5.56 Å². The smallest absolute Gasteiger partial charge is 0.304 e. The standard InChI is InChI=1S/C22H28N4O3/c1-26-17(13-21(27)28)7-8-18(26)14-25-22(29)19-15-23-11-10-20(19)24-12-9-16-5-3-2-4-6-16/h2-6,10-11,15,17-18H,7-9,12-14H2,1H3,(H,23,24)(H,25,29)(H,27,28)/t17-,18+/m1/s1. The second-order valence-corrected chi connectivity index (χ2v) is 7.44. The number of rotatable bonds is 9. The van der Waals surface area contributed by atoms with Gasteiger partial charge in [0.05, 0.1) is 17.7 Å². The number of pyridine rings is 1. The molecule has 0 bridgehead atoms. The third-order valence-electron chi connectivity index (χ3n) is 5.53. The lowest BCUT2D eigenvalue weighted by Gasteiger charge is -2.25. The van der Waals surface area contributed by atoms with Crippen LogP contribution >= 0.6 is 0 Å². The molecule has 0 unspecified atom stereocenters. The minimum Gasteiger partial charge on any atom is -0.481 e. The Hall–Kier alpha value is -2.93. The highest BCUT2D eigenvalue weighted by molar-refractivity contribution is 5.99. The summed E-state index contributed by atoms with van der Waals surface area (Å²) in [4.78, 5) is 29.8. The predicted molar refractivity (Wildman–Crippen MR) is 112 cm³/mol. The van der Waals surface area contributed by atoms with Gasteiger partial charge in [0, 0.05) is 37.6 Å². The van der Waals surface area contributed by atoms with Crippen LogP contribution in [0.3, 0.4) is 0 Å². The van der Waals surface area contributed by atoms with Gasteiger partial charge in [-0.3, -0.25) is 19.5 Å². The van der Waals surface area contributed by atoms with E-state index in [0.717, 1.165) is 31.5 Å². The van der Waals surface area contributed by atoms with Gasteiger partial charge in [0.2, 0.25) is 0 Å². The number of carbonyl (C=O) groups excluding carboxylic acids is 1. The average Bonchev–Trinajstić information content (AvgIpc) is 3.06. The maximum Gasteiger partial charge on any atom is 0.304 e. The number of likely N-dealkylation sites (tertiary alicyclic amines) is 1. The third-order valence-corrected chi connectivity index (χ3v) is 5.53. The molecule has 29 heavy (non-hydrogen) atoms. The summed E-state index contributed by atoms with van der Waals surface area (Å²) in [5.74, 6) is -0.955. The van der Waals surface area contributed by atoms with Crippen LogP contribution in [0.15, 0.2) is 48.8 Å². The molecule has 2 aromatic rings. The first-order valence-corrected chi connectivity index (χ1v) is 9.98. The van der Waals surface area contributed by atoms with Gasteiger partial charge in [0.25, 0.3) is 5.91 Å². The summed E-state index contributed by atoms with van der Waals surface area (Å²) in [6, 6.07) is 12.2. The number of hydrogen-bond acceptors (Lipinski definition) is 5. The first-order valence-electron chi connectivity index (χ1n) is 9.98. The monoisotopic (exact) mass is 396 g/mol. The Morgan fingerprint density at radius 2 is 1.93 bits per heavy atom. The van der Waals surface area contributed by atoms with Crippen LogP contribution in [0.25, 0.3) is 0 Å². The number of aromatic nitrogens is 1. The summed E-state index contributed by atoms with van der Waals surface area (Å²) >= 11 is 0. The fourth-order valence-corrected chi connectivity index (χ4v) is 3.81. The van der Waals surface area contributed by atoms with Crippen LogP contribution in [0.1, 0.15) is 35.2 Å². The molecule has 2 atom stereocenters. The van der Waals surface area contributed by atoms with E-state index in [-0.39, 0.29) is 24.4 Å². The van der Waals surface area contributed by atoms with Crippen molar-refractivity contribution in [2.75, 3.05) is 25.5 Å². The molecule has 3 N–H and O–H groups in total. The highest BCUT2D eigenvalue weighted by atomic mass is 16.4. The molecule has 154 valence electrons. The lowest BCUT2D eigenvalue weighted by molar-refractivity contribution is -0.138. The van der Waals surface area contributed by atoms with E-state index in [9.17, 15) is 9.59 Å². The number of benzene rings is 1. The number of carboxylic acids is 1. The van der Waals surface area contributed by atoms with Crippen LogP contribution in [-0.2, 0) is 11.2 Å². The fraction of sp³-hybridized carbons (Fsp3) is 0.409. The van der Waals surface area contributed by atoms with Gasteiger partial charge in [-0.15, -0.1) is 0 Å². The molecule has 0 aliphatic carbocycles. The SMILES string of the molecule is CN1[C@@H](CC(=O)O)CC[C@H]1CNC(=O)c1cnccc1NCCc1ccccc1. The minimum absolute atomic E-state index is 0.0306. The van der Waals surface area contributed by atoms with Gasteiger partial charge in [0.1, 0.15) is 0 Å². The van der Waals surface area contributed by atoms with E-state index in [1.807, 2.05) is 31.3 Å². The van der Waals surface area contributed by atoms with Gasteiger partial charge in [-0.1, -0.05) is 30.3 Å². The first kappa shape index (κ1) is 20.8. The second-order valence-electron chi connectivity index (χ2n) is 7.44. The zero-order valence-corrected chi connectivity index (χ0v) is 16.7. The van der Waals surface area contributed by atoms with Crippen molar-refractivity contribution < 1.29 is 14.7 Å². The van der Waals surface area contributed by atoms with Crippen LogP contribution in [0.4, 0.5) is 5.69 Å². The Labute approximate surface area is 171 Å². The van der Waals surface area contributed by atoms with Crippen LogP contribution in [0.2, 0.25) is 0 Å². The van der Waals surface area contributed by atoms with E-state index in [4.69, 9.17) is 5.11 Å². The molecule has 1 aromatic carbocycles. The Kier molecular flexibility index (Phi) is 7.19. The maximum atomic E-state index is 12.7. The second kappa shape index (κ2) is 10.0. The maximum absolute atomic E-state index is 12.7. The summed E-state index contributed by atoms with van der Waals surface area (Å²) in [6.45, 7) is 1.21. The van der Waals surface area contributed by atoms with Crippen LogP contribution < -0.4 is 10.6 Å².